The zero-order valence-corrected chi connectivity index (χ0v) is 12.3. The molecule has 1 atom stereocenters. The van der Waals surface area contributed by atoms with E-state index in [4.69, 9.17) is 0 Å². The van der Waals surface area contributed by atoms with Gasteiger partial charge in [0.2, 0.25) is 5.91 Å². The fourth-order valence-corrected chi connectivity index (χ4v) is 2.21. The number of benzene rings is 2. The fraction of sp³-hybridized carbons (Fsp3) is 0.353. The standard InChI is InChI=1S/C17H22N2O/c1-12(2)19-17(20)13(3)18-11-15-9-6-8-14-7-4-5-10-16(14)15/h4-10,12-13,18H,11H2,1-3H3,(H,19,20). The lowest BCUT2D eigenvalue weighted by Gasteiger charge is -2.16. The van der Waals surface area contributed by atoms with Gasteiger partial charge in [0, 0.05) is 12.6 Å². The molecule has 0 spiro atoms. The highest BCUT2D eigenvalue weighted by Gasteiger charge is 2.13. The number of rotatable bonds is 5. The van der Waals surface area contributed by atoms with Crippen molar-refractivity contribution < 1.29 is 4.79 Å². The lowest BCUT2D eigenvalue weighted by Crippen LogP contribution is -2.44. The molecule has 0 radical (unpaired) electrons. The van der Waals surface area contributed by atoms with E-state index in [2.05, 4.69) is 41.0 Å². The average molecular weight is 270 g/mol. The van der Waals surface area contributed by atoms with Crippen LogP contribution in [0.25, 0.3) is 10.8 Å². The summed E-state index contributed by atoms with van der Waals surface area (Å²) in [6, 6.07) is 14.5. The second-order valence-corrected chi connectivity index (χ2v) is 5.40. The Bertz CT molecular complexity index is 587. The van der Waals surface area contributed by atoms with Gasteiger partial charge in [0.05, 0.1) is 6.04 Å². The number of amides is 1. The molecule has 0 aliphatic heterocycles. The van der Waals surface area contributed by atoms with Gasteiger partial charge < -0.3 is 10.6 Å². The van der Waals surface area contributed by atoms with E-state index in [9.17, 15) is 4.79 Å². The average Bonchev–Trinajstić information content (AvgIpc) is 2.44. The summed E-state index contributed by atoms with van der Waals surface area (Å²) >= 11 is 0. The first-order valence-electron chi connectivity index (χ1n) is 7.08. The summed E-state index contributed by atoms with van der Waals surface area (Å²) in [6.07, 6.45) is 0. The predicted molar refractivity (Wildman–Crippen MR) is 83.5 cm³/mol. The molecule has 2 rings (SSSR count). The maximum absolute atomic E-state index is 11.9. The zero-order valence-electron chi connectivity index (χ0n) is 12.3. The van der Waals surface area contributed by atoms with Crippen LogP contribution in [0.2, 0.25) is 0 Å². The minimum Gasteiger partial charge on any atom is -0.353 e. The molecule has 20 heavy (non-hydrogen) atoms. The Balaban J connectivity index is 2.04. The summed E-state index contributed by atoms with van der Waals surface area (Å²) in [7, 11) is 0. The van der Waals surface area contributed by atoms with Crippen LogP contribution in [0.15, 0.2) is 42.5 Å². The largest absolute Gasteiger partial charge is 0.353 e. The second kappa shape index (κ2) is 6.53. The van der Waals surface area contributed by atoms with E-state index in [0.29, 0.717) is 6.54 Å². The van der Waals surface area contributed by atoms with Crippen LogP contribution in [0.4, 0.5) is 0 Å². The van der Waals surface area contributed by atoms with Crippen molar-refractivity contribution >= 4 is 16.7 Å². The Hall–Kier alpha value is -1.87. The van der Waals surface area contributed by atoms with Crippen LogP contribution >= 0.6 is 0 Å². The first-order valence-corrected chi connectivity index (χ1v) is 7.08. The van der Waals surface area contributed by atoms with E-state index in [1.54, 1.807) is 0 Å². The molecular weight excluding hydrogens is 248 g/mol. The van der Waals surface area contributed by atoms with Crippen LogP contribution in [0.3, 0.4) is 0 Å². The minimum atomic E-state index is -0.198. The molecule has 0 aromatic heterocycles. The molecule has 0 fully saturated rings. The van der Waals surface area contributed by atoms with E-state index in [1.165, 1.54) is 16.3 Å². The first-order chi connectivity index (χ1) is 9.58. The van der Waals surface area contributed by atoms with E-state index in [0.717, 1.165) is 0 Å². The summed E-state index contributed by atoms with van der Waals surface area (Å²) in [5.41, 5.74) is 1.22. The third-order valence-electron chi connectivity index (χ3n) is 3.30. The van der Waals surface area contributed by atoms with Crippen molar-refractivity contribution in [2.24, 2.45) is 0 Å². The van der Waals surface area contributed by atoms with Crippen molar-refractivity contribution in [1.29, 1.82) is 0 Å². The summed E-state index contributed by atoms with van der Waals surface area (Å²) < 4.78 is 0. The zero-order chi connectivity index (χ0) is 14.5. The summed E-state index contributed by atoms with van der Waals surface area (Å²) in [5, 5.41) is 8.66. The molecule has 3 heteroatoms. The molecule has 106 valence electrons. The Morgan fingerprint density at radius 1 is 1.05 bits per heavy atom. The minimum absolute atomic E-state index is 0.0419. The van der Waals surface area contributed by atoms with Gasteiger partial charge in [-0.3, -0.25) is 4.79 Å². The van der Waals surface area contributed by atoms with Gasteiger partial charge in [0.1, 0.15) is 0 Å². The molecule has 0 saturated carbocycles. The number of hydrogen-bond acceptors (Lipinski definition) is 2. The Labute approximate surface area is 120 Å². The normalized spacial score (nSPS) is 12.6. The molecule has 0 saturated heterocycles. The highest BCUT2D eigenvalue weighted by atomic mass is 16.2. The molecule has 0 bridgehead atoms. The topological polar surface area (TPSA) is 41.1 Å². The van der Waals surface area contributed by atoms with Crippen LogP contribution in [0.1, 0.15) is 26.3 Å². The summed E-state index contributed by atoms with van der Waals surface area (Å²) in [4.78, 5) is 11.9. The summed E-state index contributed by atoms with van der Waals surface area (Å²) in [5.74, 6) is 0.0419. The Kier molecular flexibility index (Phi) is 4.74. The van der Waals surface area contributed by atoms with Crippen LogP contribution in [-0.2, 0) is 11.3 Å². The molecule has 0 aliphatic rings. The van der Waals surface area contributed by atoms with E-state index in [1.807, 2.05) is 32.9 Å². The molecule has 2 N–H and O–H groups in total. The van der Waals surface area contributed by atoms with E-state index < -0.39 is 0 Å². The quantitative estimate of drug-likeness (QED) is 0.877. The maximum atomic E-state index is 11.9. The summed E-state index contributed by atoms with van der Waals surface area (Å²) in [6.45, 7) is 6.52. The smallest absolute Gasteiger partial charge is 0.237 e. The first kappa shape index (κ1) is 14.5. The van der Waals surface area contributed by atoms with Crippen molar-refractivity contribution in [3.05, 3.63) is 48.0 Å². The van der Waals surface area contributed by atoms with Gasteiger partial charge in [-0.25, -0.2) is 0 Å². The molecular formula is C17H22N2O. The molecule has 1 unspecified atom stereocenters. The lowest BCUT2D eigenvalue weighted by molar-refractivity contribution is -0.123. The van der Waals surface area contributed by atoms with Crippen molar-refractivity contribution in [3.63, 3.8) is 0 Å². The van der Waals surface area contributed by atoms with E-state index in [-0.39, 0.29) is 18.0 Å². The SMILES string of the molecule is CC(C)NC(=O)C(C)NCc1cccc2ccccc12. The van der Waals surface area contributed by atoms with Crippen molar-refractivity contribution in [1.82, 2.24) is 10.6 Å². The van der Waals surface area contributed by atoms with Gasteiger partial charge in [-0.05, 0) is 37.1 Å². The number of fused-ring (bicyclic) bond motifs is 1. The van der Waals surface area contributed by atoms with Crippen LogP contribution in [0.5, 0.6) is 0 Å². The van der Waals surface area contributed by atoms with Gasteiger partial charge in [-0.2, -0.15) is 0 Å². The van der Waals surface area contributed by atoms with Crippen LogP contribution in [0, 0.1) is 0 Å². The maximum Gasteiger partial charge on any atom is 0.237 e. The highest BCUT2D eigenvalue weighted by Crippen LogP contribution is 2.18. The lowest BCUT2D eigenvalue weighted by atomic mass is 10.0. The van der Waals surface area contributed by atoms with Gasteiger partial charge in [0.15, 0.2) is 0 Å². The Morgan fingerprint density at radius 3 is 2.50 bits per heavy atom. The molecule has 0 aliphatic carbocycles. The molecule has 1 amide bonds. The monoisotopic (exact) mass is 270 g/mol. The molecule has 2 aromatic rings. The fourth-order valence-electron chi connectivity index (χ4n) is 2.21. The van der Waals surface area contributed by atoms with Crippen LogP contribution in [-0.4, -0.2) is 18.0 Å². The number of carbonyl (C=O) groups excluding carboxylic acids is 1. The number of nitrogens with one attached hydrogen (secondary N) is 2. The number of carbonyl (C=O) groups is 1. The van der Waals surface area contributed by atoms with Crippen molar-refractivity contribution in [2.45, 2.75) is 39.4 Å². The van der Waals surface area contributed by atoms with E-state index >= 15 is 0 Å². The molecule has 2 aromatic carbocycles. The highest BCUT2D eigenvalue weighted by molar-refractivity contribution is 5.86. The van der Waals surface area contributed by atoms with Crippen LogP contribution < -0.4 is 10.6 Å². The second-order valence-electron chi connectivity index (χ2n) is 5.40. The molecule has 0 heterocycles. The van der Waals surface area contributed by atoms with Gasteiger partial charge >= 0.3 is 0 Å². The van der Waals surface area contributed by atoms with Crippen molar-refractivity contribution in [3.8, 4) is 0 Å². The Morgan fingerprint density at radius 2 is 1.75 bits per heavy atom. The molecule has 3 nitrogen and oxygen atoms in total. The van der Waals surface area contributed by atoms with Gasteiger partial charge in [-0.1, -0.05) is 42.5 Å². The third kappa shape index (κ3) is 3.58. The van der Waals surface area contributed by atoms with Crippen molar-refractivity contribution in [2.75, 3.05) is 0 Å². The third-order valence-corrected chi connectivity index (χ3v) is 3.30. The van der Waals surface area contributed by atoms with Gasteiger partial charge in [0.25, 0.3) is 0 Å². The van der Waals surface area contributed by atoms with Gasteiger partial charge in [-0.15, -0.1) is 0 Å². The number of hydrogen-bond donors (Lipinski definition) is 2. The predicted octanol–water partition coefficient (Wildman–Crippen LogP) is 2.84.